The van der Waals surface area contributed by atoms with Gasteiger partial charge in [0.05, 0.1) is 11.7 Å². The third-order valence-electron chi connectivity index (χ3n) is 6.32. The Hall–Kier alpha value is -2.88. The van der Waals surface area contributed by atoms with E-state index >= 15 is 0 Å². The smallest absolute Gasteiger partial charge is 0.422 e. The lowest BCUT2D eigenvalue weighted by Gasteiger charge is -2.16. The number of unbranched alkanes of at least 4 members (excludes halogenated alkanes) is 8. The number of rotatable bonds is 20. The molecule has 0 radical (unpaired) electrons. The van der Waals surface area contributed by atoms with Gasteiger partial charge in [-0.3, -0.25) is 14.3 Å². The maximum atomic E-state index is 12.5. The highest BCUT2D eigenvalue weighted by molar-refractivity contribution is 7.55. The van der Waals surface area contributed by atoms with Crippen LogP contribution in [-0.4, -0.2) is 39.5 Å². The molecule has 0 fully saturated rings. The number of carbonyl (C=O) groups is 1. The number of nitrogens with one attached hydrogen (secondary N) is 1. The molecule has 0 unspecified atom stereocenters. The number of ether oxygens (including phenoxy) is 2. The van der Waals surface area contributed by atoms with Crippen molar-refractivity contribution in [3.63, 3.8) is 0 Å². The molecular weight excluding hydrogens is 572 g/mol. The van der Waals surface area contributed by atoms with E-state index in [1.54, 1.807) is 24.3 Å². The number of hydrogen-bond acceptors (Lipinski definition) is 5. The van der Waals surface area contributed by atoms with Crippen LogP contribution in [-0.2, 0) is 22.4 Å². The van der Waals surface area contributed by atoms with Gasteiger partial charge in [-0.15, -0.1) is 0 Å². The SMILES string of the molecule is CCCCCCCCCCCC(=O)N[C@@H](/C=C/P(=O)(O)O)Cc1ccc(OCc2cc(OCC(F)(F)F)ccn2)cc1. The highest BCUT2D eigenvalue weighted by atomic mass is 31.2. The van der Waals surface area contributed by atoms with Gasteiger partial charge in [-0.05, 0) is 36.6 Å². The molecule has 42 heavy (non-hydrogen) atoms. The van der Waals surface area contributed by atoms with Crippen LogP contribution in [0.15, 0.2) is 54.5 Å². The van der Waals surface area contributed by atoms with E-state index < -0.39 is 26.4 Å². The topological polar surface area (TPSA) is 118 Å². The van der Waals surface area contributed by atoms with Crippen LogP contribution >= 0.6 is 7.60 Å². The minimum Gasteiger partial charge on any atom is -0.487 e. The highest BCUT2D eigenvalue weighted by Crippen LogP contribution is 2.36. The summed E-state index contributed by atoms with van der Waals surface area (Å²) in [6, 6.07) is 8.98. The monoisotopic (exact) mass is 614 g/mol. The molecule has 0 spiro atoms. The first kappa shape index (κ1) is 35.3. The van der Waals surface area contributed by atoms with Crippen LogP contribution in [0, 0.1) is 0 Å². The Morgan fingerprint density at radius 1 is 0.976 bits per heavy atom. The highest BCUT2D eigenvalue weighted by Gasteiger charge is 2.28. The quantitative estimate of drug-likeness (QED) is 0.106. The van der Waals surface area contributed by atoms with Crippen molar-refractivity contribution in [1.29, 1.82) is 0 Å². The molecule has 0 saturated carbocycles. The van der Waals surface area contributed by atoms with Gasteiger partial charge in [-0.25, -0.2) is 0 Å². The number of hydrogen-bond donors (Lipinski definition) is 3. The van der Waals surface area contributed by atoms with E-state index in [2.05, 4.69) is 17.2 Å². The lowest BCUT2D eigenvalue weighted by Crippen LogP contribution is -2.34. The van der Waals surface area contributed by atoms with Crippen molar-refractivity contribution in [2.24, 2.45) is 0 Å². The van der Waals surface area contributed by atoms with E-state index in [9.17, 15) is 32.3 Å². The largest absolute Gasteiger partial charge is 0.487 e. The Morgan fingerprint density at radius 2 is 1.62 bits per heavy atom. The summed E-state index contributed by atoms with van der Waals surface area (Å²) in [6.07, 6.45) is 9.09. The molecule has 12 heteroatoms. The molecule has 8 nitrogen and oxygen atoms in total. The third-order valence-corrected chi connectivity index (χ3v) is 6.88. The fourth-order valence-electron chi connectivity index (χ4n) is 4.18. The number of amides is 1. The Kier molecular flexibility index (Phi) is 15.7. The Morgan fingerprint density at radius 3 is 2.24 bits per heavy atom. The van der Waals surface area contributed by atoms with Gasteiger partial charge in [0.15, 0.2) is 6.61 Å². The zero-order chi connectivity index (χ0) is 30.8. The fourth-order valence-corrected chi connectivity index (χ4v) is 4.61. The van der Waals surface area contributed by atoms with E-state index in [1.807, 2.05) is 0 Å². The molecule has 0 bridgehead atoms. The molecule has 0 saturated heterocycles. The maximum Gasteiger partial charge on any atom is 0.422 e. The molecule has 2 aromatic rings. The molecule has 0 aliphatic rings. The standard InChI is InChI=1S/C30H42F3N2O6P/c1-2-3-4-5-6-7-8-9-10-11-29(36)35-25(17-19-42(37,38)39)20-24-12-14-27(15-13-24)40-22-26-21-28(16-18-34-26)41-23-30(31,32)33/h12-19,21,25H,2-11,20,22-23H2,1H3,(H,35,36)(H2,37,38,39)/b19-17+/t25-/m0/s1. The van der Waals surface area contributed by atoms with Crippen molar-refractivity contribution in [3.05, 3.63) is 65.7 Å². The Bertz CT molecular complexity index is 1140. The van der Waals surface area contributed by atoms with Gasteiger partial charge in [0.2, 0.25) is 5.91 Å². The average Bonchev–Trinajstić information content (AvgIpc) is 2.93. The van der Waals surface area contributed by atoms with Crippen molar-refractivity contribution < 1.29 is 41.8 Å². The number of nitrogens with zero attached hydrogens (tertiary/aromatic N) is 1. The van der Waals surface area contributed by atoms with Crippen LogP contribution in [0.25, 0.3) is 0 Å². The van der Waals surface area contributed by atoms with Crippen molar-refractivity contribution in [3.8, 4) is 11.5 Å². The molecule has 1 aromatic heterocycles. The number of pyridine rings is 1. The minimum atomic E-state index is -4.44. The average molecular weight is 615 g/mol. The lowest BCUT2D eigenvalue weighted by atomic mass is 10.0. The van der Waals surface area contributed by atoms with Gasteiger partial charge in [-0.2, -0.15) is 13.2 Å². The Labute approximate surface area is 245 Å². The number of carbonyl (C=O) groups excluding carboxylic acids is 1. The van der Waals surface area contributed by atoms with E-state index in [1.165, 1.54) is 56.5 Å². The summed E-state index contributed by atoms with van der Waals surface area (Å²) in [7, 11) is -4.40. The summed E-state index contributed by atoms with van der Waals surface area (Å²) < 4.78 is 58.9. The van der Waals surface area contributed by atoms with Crippen LogP contribution in [0.4, 0.5) is 13.2 Å². The summed E-state index contributed by atoms with van der Waals surface area (Å²) >= 11 is 0. The predicted octanol–water partition coefficient (Wildman–Crippen LogP) is 7.24. The number of aromatic nitrogens is 1. The van der Waals surface area contributed by atoms with Gasteiger partial charge in [0.25, 0.3) is 0 Å². The summed E-state index contributed by atoms with van der Waals surface area (Å²) in [5.41, 5.74) is 1.18. The minimum absolute atomic E-state index is 0.00509. The first-order valence-corrected chi connectivity index (χ1v) is 16.0. The van der Waals surface area contributed by atoms with Crippen LogP contribution in [0.1, 0.15) is 82.4 Å². The van der Waals surface area contributed by atoms with E-state index in [-0.39, 0.29) is 18.3 Å². The molecule has 1 atom stereocenters. The number of alkyl halides is 3. The van der Waals surface area contributed by atoms with Crippen molar-refractivity contribution in [1.82, 2.24) is 10.3 Å². The fraction of sp³-hybridized carbons (Fsp3) is 0.533. The molecule has 0 aliphatic carbocycles. The number of benzene rings is 1. The molecule has 1 amide bonds. The first-order valence-electron chi connectivity index (χ1n) is 14.3. The second-order valence-corrected chi connectivity index (χ2v) is 11.7. The van der Waals surface area contributed by atoms with Crippen LogP contribution in [0.5, 0.6) is 11.5 Å². The van der Waals surface area contributed by atoms with Crippen molar-refractivity contribution in [2.45, 2.75) is 96.4 Å². The summed E-state index contributed by atoms with van der Waals surface area (Å²) in [4.78, 5) is 35.1. The van der Waals surface area contributed by atoms with Gasteiger partial charge in [-0.1, -0.05) is 76.5 Å². The van der Waals surface area contributed by atoms with Crippen LogP contribution < -0.4 is 14.8 Å². The van der Waals surface area contributed by atoms with Crippen LogP contribution in [0.3, 0.4) is 0 Å². The first-order chi connectivity index (χ1) is 19.9. The molecule has 0 aliphatic heterocycles. The zero-order valence-corrected chi connectivity index (χ0v) is 24.9. The molecule has 1 aromatic carbocycles. The Balaban J connectivity index is 1.84. The second-order valence-electron chi connectivity index (χ2n) is 10.2. The van der Waals surface area contributed by atoms with Crippen molar-refractivity contribution >= 4 is 13.5 Å². The summed E-state index contributed by atoms with van der Waals surface area (Å²) in [5, 5.41) is 2.86. The molecule has 3 N–H and O–H groups in total. The predicted molar refractivity (Wildman–Crippen MR) is 155 cm³/mol. The van der Waals surface area contributed by atoms with Gasteiger partial charge in [0.1, 0.15) is 18.1 Å². The summed E-state index contributed by atoms with van der Waals surface area (Å²) in [5.74, 6) is 1.14. The second kappa shape index (κ2) is 18.6. The normalized spacial score (nSPS) is 12.8. The number of halogens is 3. The summed E-state index contributed by atoms with van der Waals surface area (Å²) in [6.45, 7) is 0.799. The van der Waals surface area contributed by atoms with E-state index in [0.717, 1.165) is 37.1 Å². The lowest BCUT2D eigenvalue weighted by molar-refractivity contribution is -0.153. The van der Waals surface area contributed by atoms with Crippen molar-refractivity contribution in [2.75, 3.05) is 6.61 Å². The molecule has 1 heterocycles. The van der Waals surface area contributed by atoms with Gasteiger partial charge in [0, 0.05) is 24.5 Å². The van der Waals surface area contributed by atoms with E-state index in [0.29, 0.717) is 24.3 Å². The van der Waals surface area contributed by atoms with Gasteiger partial charge < -0.3 is 24.6 Å². The van der Waals surface area contributed by atoms with Crippen LogP contribution in [0.2, 0.25) is 0 Å². The third kappa shape index (κ3) is 17.2. The molecular formula is C30H42F3N2O6P. The zero-order valence-electron chi connectivity index (χ0n) is 24.0. The maximum absolute atomic E-state index is 12.5. The molecule has 2 rings (SSSR count). The van der Waals surface area contributed by atoms with Gasteiger partial charge >= 0.3 is 13.8 Å². The molecule has 234 valence electrons. The van der Waals surface area contributed by atoms with E-state index in [4.69, 9.17) is 9.47 Å².